The molecule has 4 heteroatoms. The molecule has 0 aromatic heterocycles. The molecule has 1 atom stereocenters. The first-order valence-electron chi connectivity index (χ1n) is 2.24. The van der Waals surface area contributed by atoms with E-state index in [1.807, 2.05) is 6.92 Å². The Bertz CT molecular complexity index is 151. The first kappa shape index (κ1) is 8.94. The fourth-order valence-electron chi connectivity index (χ4n) is 0.183. The van der Waals surface area contributed by atoms with Gasteiger partial charge in [0.05, 0.1) is 4.24 Å². The summed E-state index contributed by atoms with van der Waals surface area (Å²) < 4.78 is 20.2. The molecule has 0 rings (SSSR count). The topological polar surface area (TPSA) is 40.1 Å². The summed E-state index contributed by atoms with van der Waals surface area (Å²) in [4.78, 5) is 0. The van der Waals surface area contributed by atoms with Gasteiger partial charge < -0.3 is 4.55 Å². The van der Waals surface area contributed by atoms with Crippen LogP contribution in [0.3, 0.4) is 0 Å². The lowest BCUT2D eigenvalue weighted by Crippen LogP contribution is -1.83. The number of hydrogen-bond donors (Lipinski definition) is 0. The van der Waals surface area contributed by atoms with Crippen molar-refractivity contribution in [3.8, 4) is 0 Å². The molecule has 0 heterocycles. The maximum absolute atomic E-state index is 10.1. The molecule has 52 valence electrons. The van der Waals surface area contributed by atoms with Crippen molar-refractivity contribution in [3.05, 3.63) is 22.3 Å². The molecular formula is C5H7O2S2-. The summed E-state index contributed by atoms with van der Waals surface area (Å²) >= 11 is -1.05. The zero-order valence-electron chi connectivity index (χ0n) is 4.99. The average Bonchev–Trinajstić information content (AvgIpc) is 1.82. The summed E-state index contributed by atoms with van der Waals surface area (Å²) in [5.74, 6) is 0. The van der Waals surface area contributed by atoms with E-state index in [-0.39, 0.29) is 4.24 Å². The van der Waals surface area contributed by atoms with E-state index in [0.717, 1.165) is 11.8 Å². The minimum absolute atomic E-state index is 0.146. The van der Waals surface area contributed by atoms with Crippen LogP contribution in [0.5, 0.6) is 0 Å². The van der Waals surface area contributed by atoms with Crippen LogP contribution < -0.4 is 0 Å². The van der Waals surface area contributed by atoms with E-state index < -0.39 is 11.1 Å². The maximum Gasteiger partial charge on any atom is 0.0546 e. The third kappa shape index (κ3) is 4.44. The molecule has 0 aliphatic carbocycles. The highest BCUT2D eigenvalue weighted by molar-refractivity contribution is 8.16. The molecule has 0 aromatic rings. The minimum atomic E-state index is -2.14. The predicted octanol–water partition coefficient (Wildman–Crippen LogP) is 1.60. The van der Waals surface area contributed by atoms with Crippen LogP contribution in [-0.4, -0.2) is 8.76 Å². The molecular weight excluding hydrogens is 156 g/mol. The van der Waals surface area contributed by atoms with Crippen molar-refractivity contribution >= 4 is 22.8 Å². The van der Waals surface area contributed by atoms with Crippen LogP contribution in [0.15, 0.2) is 22.3 Å². The Balaban J connectivity index is 3.65. The van der Waals surface area contributed by atoms with Gasteiger partial charge in [0.25, 0.3) is 0 Å². The summed E-state index contributed by atoms with van der Waals surface area (Å²) in [5, 5.41) is 1.66. The van der Waals surface area contributed by atoms with Gasteiger partial charge in [-0.1, -0.05) is 24.4 Å². The molecule has 0 fully saturated rings. The van der Waals surface area contributed by atoms with E-state index in [2.05, 4.69) is 6.58 Å². The molecule has 0 aromatic carbocycles. The van der Waals surface area contributed by atoms with Crippen molar-refractivity contribution in [1.29, 1.82) is 0 Å². The van der Waals surface area contributed by atoms with Crippen LogP contribution in [0, 0.1) is 0 Å². The summed E-state index contributed by atoms with van der Waals surface area (Å²) in [6.07, 6.45) is 1.75. The fourth-order valence-corrected chi connectivity index (χ4v) is 0.952. The molecule has 0 radical (unpaired) electrons. The van der Waals surface area contributed by atoms with Gasteiger partial charge in [0.2, 0.25) is 0 Å². The molecule has 0 saturated heterocycles. The lowest BCUT2D eigenvalue weighted by molar-refractivity contribution is 0.546. The highest BCUT2D eigenvalue weighted by Crippen LogP contribution is 2.16. The second-order valence-electron chi connectivity index (χ2n) is 1.19. The first-order valence-corrected chi connectivity index (χ1v) is 4.20. The van der Waals surface area contributed by atoms with E-state index in [9.17, 15) is 8.76 Å². The van der Waals surface area contributed by atoms with Crippen molar-refractivity contribution in [2.24, 2.45) is 0 Å². The Labute approximate surface area is 61.3 Å². The first-order chi connectivity index (χ1) is 4.18. The monoisotopic (exact) mass is 163 g/mol. The van der Waals surface area contributed by atoms with Gasteiger partial charge in [-0.05, 0) is 23.4 Å². The SMILES string of the molecule is C=C(S/C=C\C)S(=O)[O-]. The Morgan fingerprint density at radius 3 is 2.78 bits per heavy atom. The van der Waals surface area contributed by atoms with Crippen LogP contribution in [0.1, 0.15) is 6.92 Å². The molecule has 0 N–H and O–H groups in total. The van der Waals surface area contributed by atoms with E-state index in [4.69, 9.17) is 0 Å². The Morgan fingerprint density at radius 1 is 1.89 bits per heavy atom. The number of hydrogen-bond acceptors (Lipinski definition) is 3. The third-order valence-electron chi connectivity index (χ3n) is 0.521. The minimum Gasteiger partial charge on any atom is -0.768 e. The van der Waals surface area contributed by atoms with Gasteiger partial charge in [0, 0.05) is 0 Å². The zero-order valence-corrected chi connectivity index (χ0v) is 6.63. The molecule has 0 aliphatic heterocycles. The molecule has 9 heavy (non-hydrogen) atoms. The van der Waals surface area contributed by atoms with Crippen LogP contribution in [0.2, 0.25) is 0 Å². The lowest BCUT2D eigenvalue weighted by Gasteiger charge is -2.03. The van der Waals surface area contributed by atoms with E-state index in [0.29, 0.717) is 0 Å². The van der Waals surface area contributed by atoms with Gasteiger partial charge in [-0.2, -0.15) is 0 Å². The average molecular weight is 163 g/mol. The van der Waals surface area contributed by atoms with Crippen LogP contribution >= 0.6 is 11.8 Å². The Morgan fingerprint density at radius 2 is 2.44 bits per heavy atom. The molecule has 1 unspecified atom stereocenters. The van der Waals surface area contributed by atoms with Gasteiger partial charge in [0.15, 0.2) is 0 Å². The highest BCUT2D eigenvalue weighted by atomic mass is 32.2. The number of rotatable bonds is 3. The molecule has 0 saturated carbocycles. The number of allylic oxidation sites excluding steroid dienone is 1. The molecule has 0 amide bonds. The quantitative estimate of drug-likeness (QED) is 0.593. The lowest BCUT2D eigenvalue weighted by atomic mass is 10.8. The van der Waals surface area contributed by atoms with Crippen molar-refractivity contribution in [3.63, 3.8) is 0 Å². The van der Waals surface area contributed by atoms with Gasteiger partial charge in [0.1, 0.15) is 0 Å². The van der Waals surface area contributed by atoms with Gasteiger partial charge in [-0.25, -0.2) is 0 Å². The summed E-state index contributed by atoms with van der Waals surface area (Å²) in [5.41, 5.74) is 0. The molecule has 0 bridgehead atoms. The highest BCUT2D eigenvalue weighted by Gasteiger charge is 1.87. The second kappa shape index (κ2) is 4.78. The Kier molecular flexibility index (Phi) is 4.75. The maximum atomic E-state index is 10.1. The zero-order chi connectivity index (χ0) is 7.28. The third-order valence-corrected chi connectivity index (χ3v) is 2.26. The standard InChI is InChI=1S/C5H8O2S2/c1-3-4-8-5(2)9(6)7/h3-4H,2H2,1H3,(H,6,7)/p-1/b4-3-. The summed E-state index contributed by atoms with van der Waals surface area (Å²) in [7, 11) is 0. The van der Waals surface area contributed by atoms with E-state index in [1.165, 1.54) is 0 Å². The second-order valence-corrected chi connectivity index (χ2v) is 3.42. The van der Waals surface area contributed by atoms with E-state index >= 15 is 0 Å². The normalized spacial score (nSPS) is 14.0. The molecule has 0 aliphatic rings. The van der Waals surface area contributed by atoms with Crippen LogP contribution in [0.4, 0.5) is 0 Å². The van der Waals surface area contributed by atoms with Crippen molar-refractivity contribution in [2.45, 2.75) is 6.92 Å². The van der Waals surface area contributed by atoms with Gasteiger partial charge in [-0.3, -0.25) is 4.21 Å². The van der Waals surface area contributed by atoms with Gasteiger partial charge >= 0.3 is 0 Å². The largest absolute Gasteiger partial charge is 0.768 e. The van der Waals surface area contributed by atoms with Crippen LogP contribution in [0.25, 0.3) is 0 Å². The smallest absolute Gasteiger partial charge is 0.0546 e. The van der Waals surface area contributed by atoms with Crippen LogP contribution in [-0.2, 0) is 11.1 Å². The van der Waals surface area contributed by atoms with Gasteiger partial charge in [-0.15, -0.1) is 0 Å². The Hall–Kier alpha value is -0.0600. The van der Waals surface area contributed by atoms with Crippen molar-refractivity contribution < 1.29 is 8.76 Å². The van der Waals surface area contributed by atoms with Crippen molar-refractivity contribution in [2.75, 3.05) is 0 Å². The number of thioether (sulfide) groups is 1. The van der Waals surface area contributed by atoms with Crippen molar-refractivity contribution in [1.82, 2.24) is 0 Å². The fraction of sp³-hybridized carbons (Fsp3) is 0.200. The molecule has 2 nitrogen and oxygen atoms in total. The summed E-state index contributed by atoms with van der Waals surface area (Å²) in [6.45, 7) is 5.10. The summed E-state index contributed by atoms with van der Waals surface area (Å²) in [6, 6.07) is 0. The van der Waals surface area contributed by atoms with E-state index in [1.54, 1.807) is 11.5 Å². The molecule has 0 spiro atoms. The predicted molar refractivity (Wildman–Crippen MR) is 40.5 cm³/mol.